The SMILES string of the molecule is C=CCC1CC(COC(c2ccccc2)(c2ccccc2)c2ccccc2)N(CCCc2ccccc2)C1=O. The number of ether oxygens (including phenoxy) is 1. The molecule has 1 heterocycles. The highest BCUT2D eigenvalue weighted by atomic mass is 16.5. The fourth-order valence-electron chi connectivity index (χ4n) is 5.91. The van der Waals surface area contributed by atoms with Crippen molar-refractivity contribution in [2.75, 3.05) is 13.2 Å². The molecule has 5 rings (SSSR count). The number of hydrogen-bond acceptors (Lipinski definition) is 2. The summed E-state index contributed by atoms with van der Waals surface area (Å²) in [5.41, 5.74) is 3.73. The summed E-state index contributed by atoms with van der Waals surface area (Å²) in [7, 11) is 0. The molecule has 2 atom stereocenters. The molecule has 1 amide bonds. The molecule has 0 N–H and O–H groups in total. The van der Waals surface area contributed by atoms with E-state index in [1.807, 2.05) is 30.3 Å². The molecule has 0 aliphatic carbocycles. The molecule has 3 heteroatoms. The monoisotopic (exact) mass is 515 g/mol. The average Bonchev–Trinajstić information content (AvgIpc) is 3.29. The van der Waals surface area contributed by atoms with Crippen molar-refractivity contribution in [2.24, 2.45) is 5.92 Å². The summed E-state index contributed by atoms with van der Waals surface area (Å²) in [6.07, 6.45) is 5.23. The van der Waals surface area contributed by atoms with Gasteiger partial charge in [0.05, 0.1) is 12.6 Å². The van der Waals surface area contributed by atoms with Crippen molar-refractivity contribution < 1.29 is 9.53 Å². The van der Waals surface area contributed by atoms with Crippen LogP contribution in [0.3, 0.4) is 0 Å². The fraction of sp³-hybridized carbons (Fsp3) is 0.250. The molecule has 0 aromatic heterocycles. The summed E-state index contributed by atoms with van der Waals surface area (Å²) in [6, 6.07) is 41.8. The minimum atomic E-state index is -0.793. The van der Waals surface area contributed by atoms with Gasteiger partial charge in [0.2, 0.25) is 5.91 Å². The van der Waals surface area contributed by atoms with Crippen molar-refractivity contribution in [1.82, 2.24) is 4.90 Å². The summed E-state index contributed by atoms with van der Waals surface area (Å²) in [4.78, 5) is 15.6. The number of nitrogens with zero attached hydrogens (tertiary/aromatic N) is 1. The molecule has 1 aliphatic heterocycles. The van der Waals surface area contributed by atoms with Crippen molar-refractivity contribution in [3.05, 3.63) is 156 Å². The topological polar surface area (TPSA) is 29.5 Å². The van der Waals surface area contributed by atoms with Gasteiger partial charge in [0.1, 0.15) is 5.60 Å². The number of likely N-dealkylation sites (tertiary alicyclic amines) is 1. The maximum absolute atomic E-state index is 13.5. The zero-order chi connectivity index (χ0) is 26.9. The molecule has 4 aromatic carbocycles. The predicted molar refractivity (Wildman–Crippen MR) is 158 cm³/mol. The summed E-state index contributed by atoms with van der Waals surface area (Å²) in [5, 5.41) is 0. The Kier molecular flexibility index (Phi) is 8.70. The lowest BCUT2D eigenvalue weighted by Crippen LogP contribution is -2.41. The minimum Gasteiger partial charge on any atom is -0.359 e. The highest BCUT2D eigenvalue weighted by Crippen LogP contribution is 2.41. The molecule has 0 spiro atoms. The smallest absolute Gasteiger partial charge is 0.226 e. The van der Waals surface area contributed by atoms with Crippen LogP contribution in [0.15, 0.2) is 134 Å². The van der Waals surface area contributed by atoms with Crippen LogP contribution >= 0.6 is 0 Å². The van der Waals surface area contributed by atoms with Gasteiger partial charge in [-0.2, -0.15) is 0 Å². The second-order valence-corrected chi connectivity index (χ2v) is 10.3. The van der Waals surface area contributed by atoms with Crippen LogP contribution in [-0.2, 0) is 21.6 Å². The molecule has 39 heavy (non-hydrogen) atoms. The second-order valence-electron chi connectivity index (χ2n) is 10.3. The Morgan fingerprint density at radius 2 is 1.26 bits per heavy atom. The van der Waals surface area contributed by atoms with Gasteiger partial charge in [-0.3, -0.25) is 4.79 Å². The third kappa shape index (κ3) is 5.89. The van der Waals surface area contributed by atoms with Gasteiger partial charge in [0.15, 0.2) is 0 Å². The number of benzene rings is 4. The van der Waals surface area contributed by atoms with E-state index in [9.17, 15) is 4.79 Å². The average molecular weight is 516 g/mol. The van der Waals surface area contributed by atoms with Crippen LogP contribution in [0.1, 0.15) is 41.5 Å². The third-order valence-electron chi connectivity index (χ3n) is 7.82. The van der Waals surface area contributed by atoms with E-state index in [2.05, 4.69) is 109 Å². The van der Waals surface area contributed by atoms with Crippen molar-refractivity contribution in [2.45, 2.75) is 37.3 Å². The number of carbonyl (C=O) groups is 1. The van der Waals surface area contributed by atoms with Crippen molar-refractivity contribution in [3.8, 4) is 0 Å². The number of hydrogen-bond donors (Lipinski definition) is 0. The van der Waals surface area contributed by atoms with Gasteiger partial charge in [-0.05, 0) is 47.9 Å². The first kappa shape index (κ1) is 26.6. The molecule has 4 aromatic rings. The van der Waals surface area contributed by atoms with E-state index in [1.54, 1.807) is 0 Å². The normalized spacial score (nSPS) is 17.3. The van der Waals surface area contributed by atoms with Crippen LogP contribution in [0.4, 0.5) is 0 Å². The molecule has 1 aliphatic rings. The number of rotatable bonds is 12. The molecule has 0 bridgehead atoms. The molecular weight excluding hydrogens is 478 g/mol. The van der Waals surface area contributed by atoms with Crippen LogP contribution in [0, 0.1) is 5.92 Å². The van der Waals surface area contributed by atoms with Gasteiger partial charge in [-0.25, -0.2) is 0 Å². The Morgan fingerprint density at radius 3 is 1.74 bits per heavy atom. The lowest BCUT2D eigenvalue weighted by molar-refractivity contribution is -0.133. The summed E-state index contributed by atoms with van der Waals surface area (Å²) >= 11 is 0. The molecule has 2 unspecified atom stereocenters. The Labute approximate surface area is 232 Å². The van der Waals surface area contributed by atoms with E-state index in [-0.39, 0.29) is 17.9 Å². The van der Waals surface area contributed by atoms with Crippen molar-refractivity contribution in [1.29, 1.82) is 0 Å². The number of amides is 1. The first-order valence-corrected chi connectivity index (χ1v) is 14.0. The van der Waals surface area contributed by atoms with Crippen LogP contribution in [0.25, 0.3) is 0 Å². The van der Waals surface area contributed by atoms with E-state index < -0.39 is 5.60 Å². The van der Waals surface area contributed by atoms with E-state index in [1.165, 1.54) is 5.56 Å². The Bertz CT molecular complexity index is 1230. The number of carbonyl (C=O) groups excluding carboxylic acids is 1. The molecule has 3 nitrogen and oxygen atoms in total. The molecular formula is C36H37NO2. The van der Waals surface area contributed by atoms with E-state index in [4.69, 9.17) is 4.74 Å². The van der Waals surface area contributed by atoms with Crippen LogP contribution in [0.2, 0.25) is 0 Å². The van der Waals surface area contributed by atoms with Gasteiger partial charge >= 0.3 is 0 Å². The van der Waals surface area contributed by atoms with Crippen LogP contribution in [0.5, 0.6) is 0 Å². The van der Waals surface area contributed by atoms with Crippen molar-refractivity contribution in [3.63, 3.8) is 0 Å². The zero-order valence-electron chi connectivity index (χ0n) is 22.5. The second kappa shape index (κ2) is 12.7. The quantitative estimate of drug-likeness (QED) is 0.145. The predicted octanol–water partition coefficient (Wildman–Crippen LogP) is 7.42. The summed E-state index contributed by atoms with van der Waals surface area (Å²) in [5.74, 6) is 0.189. The number of allylic oxidation sites excluding steroid dienone is 1. The van der Waals surface area contributed by atoms with Crippen LogP contribution in [-0.4, -0.2) is 30.0 Å². The molecule has 1 fully saturated rings. The molecule has 198 valence electrons. The standard InChI is InChI=1S/C36H37NO2/c1-2-16-30-27-34(37(35(30)38)26-15-19-29-17-7-3-8-18-29)28-39-36(31-20-9-4-10-21-31,32-22-11-5-12-23-32)33-24-13-6-14-25-33/h2-14,17-18,20-25,30,34H,1,15-16,19,26-28H2. The summed E-state index contributed by atoms with van der Waals surface area (Å²) < 4.78 is 7.12. The highest BCUT2D eigenvalue weighted by molar-refractivity contribution is 5.81. The highest BCUT2D eigenvalue weighted by Gasteiger charge is 2.42. The molecule has 0 saturated carbocycles. The maximum Gasteiger partial charge on any atom is 0.226 e. The first-order chi connectivity index (χ1) is 19.2. The van der Waals surface area contributed by atoms with E-state index >= 15 is 0 Å². The zero-order valence-corrected chi connectivity index (χ0v) is 22.5. The van der Waals surface area contributed by atoms with Crippen molar-refractivity contribution >= 4 is 5.91 Å². The number of aryl methyl sites for hydroxylation is 1. The lowest BCUT2D eigenvalue weighted by Gasteiger charge is -2.38. The largest absolute Gasteiger partial charge is 0.359 e. The van der Waals surface area contributed by atoms with Gasteiger partial charge in [-0.1, -0.05) is 127 Å². The van der Waals surface area contributed by atoms with E-state index in [0.717, 1.165) is 42.5 Å². The fourth-order valence-corrected chi connectivity index (χ4v) is 5.91. The van der Waals surface area contributed by atoms with E-state index in [0.29, 0.717) is 13.0 Å². The van der Waals surface area contributed by atoms with Gasteiger partial charge in [0, 0.05) is 12.5 Å². The maximum atomic E-state index is 13.5. The Balaban J connectivity index is 1.45. The lowest BCUT2D eigenvalue weighted by atomic mass is 9.80. The Morgan fingerprint density at radius 1 is 0.769 bits per heavy atom. The van der Waals surface area contributed by atoms with Gasteiger partial charge in [-0.15, -0.1) is 6.58 Å². The summed E-state index contributed by atoms with van der Waals surface area (Å²) in [6.45, 7) is 5.09. The van der Waals surface area contributed by atoms with Crippen LogP contribution < -0.4 is 0 Å². The van der Waals surface area contributed by atoms with Gasteiger partial charge in [0.25, 0.3) is 0 Å². The van der Waals surface area contributed by atoms with Gasteiger partial charge < -0.3 is 9.64 Å². The third-order valence-corrected chi connectivity index (χ3v) is 7.82. The first-order valence-electron chi connectivity index (χ1n) is 14.0. The Hall–Kier alpha value is -3.95. The molecule has 0 radical (unpaired) electrons. The minimum absolute atomic E-state index is 0.00809. The molecule has 1 saturated heterocycles.